The predicted molar refractivity (Wildman–Crippen MR) is 109 cm³/mol. The molecule has 4 rings (SSSR count). The van der Waals surface area contributed by atoms with Crippen molar-refractivity contribution in [1.82, 2.24) is 20.2 Å². The Kier molecular flexibility index (Phi) is 4.44. The van der Waals surface area contributed by atoms with E-state index >= 15 is 0 Å². The van der Waals surface area contributed by atoms with Gasteiger partial charge in [0.15, 0.2) is 9.84 Å². The van der Waals surface area contributed by atoms with Crippen LogP contribution in [0.5, 0.6) is 0 Å². The summed E-state index contributed by atoms with van der Waals surface area (Å²) in [7, 11) is -3.29. The summed E-state index contributed by atoms with van der Waals surface area (Å²) < 4.78 is 23.5. The monoisotopic (exact) mass is 394 g/mol. The number of anilines is 4. The molecule has 0 atom stereocenters. The van der Waals surface area contributed by atoms with Crippen molar-refractivity contribution in [2.45, 2.75) is 11.8 Å². The lowest BCUT2D eigenvalue weighted by atomic mass is 10.2. The molecule has 0 aliphatic rings. The summed E-state index contributed by atoms with van der Waals surface area (Å²) in [5.74, 6) is 0.955. The molecule has 2 aromatic heterocycles. The molecule has 28 heavy (non-hydrogen) atoms. The van der Waals surface area contributed by atoms with E-state index in [1.807, 2.05) is 25.1 Å². The number of hydrogen-bond donors (Lipinski definition) is 3. The topological polar surface area (TPSA) is 113 Å². The van der Waals surface area contributed by atoms with Crippen LogP contribution in [-0.2, 0) is 9.84 Å². The Labute approximate surface area is 162 Å². The minimum atomic E-state index is -3.29. The van der Waals surface area contributed by atoms with E-state index in [2.05, 4.69) is 30.8 Å². The first-order valence-corrected chi connectivity index (χ1v) is 10.4. The number of H-pyrrole nitrogens is 1. The van der Waals surface area contributed by atoms with Gasteiger partial charge < -0.3 is 10.6 Å². The van der Waals surface area contributed by atoms with Crippen molar-refractivity contribution >= 4 is 43.9 Å². The second-order valence-electron chi connectivity index (χ2n) is 6.35. The third kappa shape index (κ3) is 3.65. The van der Waals surface area contributed by atoms with Crippen LogP contribution >= 0.6 is 0 Å². The first-order chi connectivity index (χ1) is 13.4. The molecule has 0 aliphatic carbocycles. The molecule has 0 saturated carbocycles. The van der Waals surface area contributed by atoms with Gasteiger partial charge in [-0.05, 0) is 43.3 Å². The van der Waals surface area contributed by atoms with E-state index in [1.165, 1.54) is 6.26 Å². The van der Waals surface area contributed by atoms with Crippen LogP contribution in [0.15, 0.2) is 59.6 Å². The normalized spacial score (nSPS) is 11.5. The number of sulfone groups is 1. The second-order valence-corrected chi connectivity index (χ2v) is 8.37. The summed E-state index contributed by atoms with van der Waals surface area (Å²) >= 11 is 0. The van der Waals surface area contributed by atoms with Gasteiger partial charge in [0, 0.05) is 23.5 Å². The van der Waals surface area contributed by atoms with E-state index in [9.17, 15) is 8.42 Å². The number of aryl methyl sites for hydroxylation is 1. The van der Waals surface area contributed by atoms with Gasteiger partial charge in [-0.2, -0.15) is 10.1 Å². The van der Waals surface area contributed by atoms with Crippen LogP contribution < -0.4 is 10.6 Å². The number of nitrogens with one attached hydrogen (secondary N) is 3. The maximum absolute atomic E-state index is 11.7. The molecule has 0 unspecified atom stereocenters. The highest BCUT2D eigenvalue weighted by Crippen LogP contribution is 2.27. The van der Waals surface area contributed by atoms with Crippen molar-refractivity contribution in [1.29, 1.82) is 0 Å². The van der Waals surface area contributed by atoms with Gasteiger partial charge in [0.05, 0.1) is 21.8 Å². The van der Waals surface area contributed by atoms with Gasteiger partial charge in [-0.25, -0.2) is 13.4 Å². The fourth-order valence-corrected chi connectivity index (χ4v) is 3.57. The standard InChI is InChI=1S/C19H18N6O2S/c1-12-18-15(7-4-8-16(18)25-24-12)22-17-9-10-20-19(23-17)21-13-5-3-6-14(11-13)28(2,26)27/h3-11H,1-2H3,(H,24,25)(H2,20,21,22,23). The van der Waals surface area contributed by atoms with Crippen LogP contribution in [0.2, 0.25) is 0 Å². The Morgan fingerprint density at radius 3 is 2.68 bits per heavy atom. The molecule has 4 aromatic rings. The number of rotatable bonds is 5. The van der Waals surface area contributed by atoms with E-state index in [0.717, 1.165) is 22.3 Å². The number of benzene rings is 2. The van der Waals surface area contributed by atoms with Crippen molar-refractivity contribution < 1.29 is 8.42 Å². The molecule has 0 spiro atoms. The lowest BCUT2D eigenvalue weighted by Crippen LogP contribution is -2.02. The van der Waals surface area contributed by atoms with Crippen molar-refractivity contribution in [3.63, 3.8) is 0 Å². The van der Waals surface area contributed by atoms with Gasteiger partial charge in [0.25, 0.3) is 0 Å². The average molecular weight is 394 g/mol. The summed E-state index contributed by atoms with van der Waals surface area (Å²) in [4.78, 5) is 8.90. The lowest BCUT2D eigenvalue weighted by molar-refractivity contribution is 0.602. The number of aromatic amines is 1. The summed E-state index contributed by atoms with van der Waals surface area (Å²) in [5.41, 5.74) is 3.30. The zero-order valence-electron chi connectivity index (χ0n) is 15.3. The van der Waals surface area contributed by atoms with Crippen molar-refractivity contribution in [2.75, 3.05) is 16.9 Å². The molecule has 0 bridgehead atoms. The van der Waals surface area contributed by atoms with Crippen molar-refractivity contribution in [3.8, 4) is 0 Å². The highest BCUT2D eigenvalue weighted by molar-refractivity contribution is 7.90. The molecule has 8 nitrogen and oxygen atoms in total. The minimum absolute atomic E-state index is 0.230. The molecule has 3 N–H and O–H groups in total. The van der Waals surface area contributed by atoms with Crippen LogP contribution in [0.3, 0.4) is 0 Å². The van der Waals surface area contributed by atoms with Gasteiger partial charge in [-0.15, -0.1) is 0 Å². The Morgan fingerprint density at radius 1 is 1.04 bits per heavy atom. The average Bonchev–Trinajstić information content (AvgIpc) is 3.04. The zero-order chi connectivity index (χ0) is 19.7. The molecular formula is C19H18N6O2S. The van der Waals surface area contributed by atoms with Crippen molar-refractivity contribution in [3.05, 3.63) is 60.4 Å². The zero-order valence-corrected chi connectivity index (χ0v) is 16.1. The molecule has 0 radical (unpaired) electrons. The van der Waals surface area contributed by atoms with Crippen LogP contribution in [0, 0.1) is 6.92 Å². The van der Waals surface area contributed by atoms with Crippen LogP contribution in [-0.4, -0.2) is 34.8 Å². The molecule has 0 aliphatic heterocycles. The van der Waals surface area contributed by atoms with Crippen LogP contribution in [0.25, 0.3) is 10.9 Å². The van der Waals surface area contributed by atoms with E-state index in [4.69, 9.17) is 0 Å². The third-order valence-electron chi connectivity index (χ3n) is 4.21. The highest BCUT2D eigenvalue weighted by Gasteiger charge is 2.10. The van der Waals surface area contributed by atoms with Crippen LogP contribution in [0.4, 0.5) is 23.1 Å². The van der Waals surface area contributed by atoms with Crippen LogP contribution in [0.1, 0.15) is 5.69 Å². The summed E-state index contributed by atoms with van der Waals surface area (Å²) in [6, 6.07) is 14.1. The van der Waals surface area contributed by atoms with Crippen molar-refractivity contribution in [2.24, 2.45) is 0 Å². The van der Waals surface area contributed by atoms with Gasteiger partial charge in [0.2, 0.25) is 5.95 Å². The molecule has 9 heteroatoms. The Morgan fingerprint density at radius 2 is 1.86 bits per heavy atom. The molecule has 0 fully saturated rings. The SMILES string of the molecule is Cc1n[nH]c2cccc(Nc3ccnc(Nc4cccc(S(C)(=O)=O)c4)n3)c12. The number of fused-ring (bicyclic) bond motifs is 1. The smallest absolute Gasteiger partial charge is 0.229 e. The predicted octanol–water partition coefficient (Wildman–Crippen LogP) is 3.55. The maximum Gasteiger partial charge on any atom is 0.229 e. The first-order valence-electron chi connectivity index (χ1n) is 8.51. The Hall–Kier alpha value is -3.46. The Balaban J connectivity index is 1.61. The molecular weight excluding hydrogens is 376 g/mol. The van der Waals surface area contributed by atoms with E-state index < -0.39 is 9.84 Å². The Bertz CT molecular complexity index is 1270. The molecule has 0 amide bonds. The fourth-order valence-electron chi connectivity index (χ4n) is 2.90. The lowest BCUT2D eigenvalue weighted by Gasteiger charge is -2.10. The van der Waals surface area contributed by atoms with E-state index in [1.54, 1.807) is 36.5 Å². The highest BCUT2D eigenvalue weighted by atomic mass is 32.2. The fraction of sp³-hybridized carbons (Fsp3) is 0.105. The maximum atomic E-state index is 11.7. The molecule has 2 aromatic carbocycles. The summed E-state index contributed by atoms with van der Waals surface area (Å²) in [6.07, 6.45) is 2.80. The van der Waals surface area contributed by atoms with Gasteiger partial charge >= 0.3 is 0 Å². The van der Waals surface area contributed by atoms with E-state index in [-0.39, 0.29) is 4.90 Å². The van der Waals surface area contributed by atoms with E-state index in [0.29, 0.717) is 17.5 Å². The minimum Gasteiger partial charge on any atom is -0.339 e. The number of hydrogen-bond acceptors (Lipinski definition) is 7. The molecule has 142 valence electrons. The number of nitrogens with zero attached hydrogens (tertiary/aromatic N) is 3. The van der Waals surface area contributed by atoms with Gasteiger partial charge in [-0.1, -0.05) is 12.1 Å². The molecule has 2 heterocycles. The van der Waals surface area contributed by atoms with Gasteiger partial charge in [0.1, 0.15) is 5.82 Å². The first kappa shape index (κ1) is 17.9. The quantitative estimate of drug-likeness (QED) is 0.474. The second kappa shape index (κ2) is 6.93. The molecule has 0 saturated heterocycles. The largest absolute Gasteiger partial charge is 0.339 e. The third-order valence-corrected chi connectivity index (χ3v) is 5.32. The number of aromatic nitrogens is 4. The summed E-state index contributed by atoms with van der Waals surface area (Å²) in [6.45, 7) is 1.94. The summed E-state index contributed by atoms with van der Waals surface area (Å²) in [5, 5.41) is 14.6. The van der Waals surface area contributed by atoms with Gasteiger partial charge in [-0.3, -0.25) is 5.10 Å².